The van der Waals surface area contributed by atoms with Crippen LogP contribution >= 0.6 is 0 Å². The van der Waals surface area contributed by atoms with Gasteiger partial charge >= 0.3 is 5.97 Å². The summed E-state index contributed by atoms with van der Waals surface area (Å²) in [6.07, 6.45) is 3.69. The summed E-state index contributed by atoms with van der Waals surface area (Å²) < 4.78 is 17.1. The van der Waals surface area contributed by atoms with Crippen LogP contribution in [0.5, 0.6) is 0 Å². The van der Waals surface area contributed by atoms with Gasteiger partial charge in [-0.25, -0.2) is 14.8 Å². The molecule has 0 aliphatic heterocycles. The monoisotopic (exact) mass is 794 g/mol. The molecule has 0 radical (unpaired) electrons. The number of amides is 4. The zero-order valence-electron chi connectivity index (χ0n) is 32.0. The number of imidazole rings is 2. The lowest BCUT2D eigenvalue weighted by atomic mass is 10.2. The molecule has 0 aliphatic carbocycles. The molecule has 20 nitrogen and oxygen atoms in total. The zero-order valence-corrected chi connectivity index (χ0v) is 32.0. The normalized spacial score (nSPS) is 11.5. The number of primary amides is 2. The van der Waals surface area contributed by atoms with Crippen LogP contribution in [0.4, 0.5) is 11.9 Å². The number of aromatic nitrogens is 8. The molecule has 0 fully saturated rings. The highest BCUT2D eigenvalue weighted by Crippen LogP contribution is 2.24. The minimum Gasteiger partial charge on any atom is -0.480 e. The zero-order chi connectivity index (χ0) is 41.5. The van der Waals surface area contributed by atoms with E-state index in [1.54, 1.807) is 76.2 Å². The van der Waals surface area contributed by atoms with Gasteiger partial charge in [-0.3, -0.25) is 39.2 Å². The Morgan fingerprint density at radius 2 is 1.19 bits per heavy atom. The van der Waals surface area contributed by atoms with Crippen molar-refractivity contribution < 1.29 is 38.6 Å². The maximum absolute atomic E-state index is 13.7. The average molecular weight is 795 g/mol. The highest BCUT2D eigenvalue weighted by atomic mass is 16.5. The SMILES string of the molecule is CCn1nc(C)cc1C(=O)Nc1nc2cc(C(N)=O)ccc2n1C/C=C/Cn1c(NC(=O)c2cc(C)nn2CCOCCOCC(=O)O)nc2cc(C(N)=O)ccc21. The van der Waals surface area contributed by atoms with Gasteiger partial charge < -0.3 is 35.2 Å². The molecule has 0 unspecified atom stereocenters. The Morgan fingerprint density at radius 1 is 0.707 bits per heavy atom. The predicted octanol–water partition coefficient (Wildman–Crippen LogP) is 2.49. The summed E-state index contributed by atoms with van der Waals surface area (Å²) >= 11 is 0. The molecule has 2 aromatic carbocycles. The van der Waals surface area contributed by atoms with Crippen LogP contribution in [0, 0.1) is 13.8 Å². The number of carbonyl (C=O) groups is 5. The number of nitrogens with two attached hydrogens (primary N) is 2. The molecule has 0 saturated heterocycles. The van der Waals surface area contributed by atoms with E-state index in [0.717, 1.165) is 0 Å². The lowest BCUT2D eigenvalue weighted by Crippen LogP contribution is -2.22. The summed E-state index contributed by atoms with van der Waals surface area (Å²) in [6, 6.07) is 13.0. The van der Waals surface area contributed by atoms with Gasteiger partial charge in [0.25, 0.3) is 11.8 Å². The number of fused-ring (bicyclic) bond motifs is 2. The van der Waals surface area contributed by atoms with Crippen molar-refractivity contribution in [1.82, 2.24) is 38.7 Å². The molecule has 4 aromatic heterocycles. The molecule has 20 heteroatoms. The van der Waals surface area contributed by atoms with Gasteiger partial charge in [0.15, 0.2) is 0 Å². The third-order valence-electron chi connectivity index (χ3n) is 8.87. The van der Waals surface area contributed by atoms with E-state index in [2.05, 4.69) is 30.8 Å². The van der Waals surface area contributed by atoms with E-state index in [1.807, 2.05) is 19.1 Å². The minimum atomic E-state index is -1.07. The maximum atomic E-state index is 13.7. The molecule has 6 aromatic rings. The molecular weight excluding hydrogens is 752 g/mol. The van der Waals surface area contributed by atoms with Crippen LogP contribution in [0.2, 0.25) is 0 Å². The molecule has 6 rings (SSSR count). The van der Waals surface area contributed by atoms with E-state index in [4.69, 9.17) is 26.0 Å². The van der Waals surface area contributed by atoms with Crippen LogP contribution in [-0.2, 0) is 40.4 Å². The van der Waals surface area contributed by atoms with Crippen molar-refractivity contribution in [1.29, 1.82) is 0 Å². The van der Waals surface area contributed by atoms with Crippen LogP contribution in [0.3, 0.4) is 0 Å². The van der Waals surface area contributed by atoms with Gasteiger partial charge in [-0.2, -0.15) is 10.2 Å². The van der Waals surface area contributed by atoms with E-state index >= 15 is 0 Å². The first-order valence-corrected chi connectivity index (χ1v) is 18.2. The quantitative estimate of drug-likeness (QED) is 0.0585. The maximum Gasteiger partial charge on any atom is 0.329 e. The molecule has 0 spiro atoms. The molecular formula is C38H42N12O8. The Kier molecular flexibility index (Phi) is 12.4. The third-order valence-corrected chi connectivity index (χ3v) is 8.87. The number of hydrogen-bond acceptors (Lipinski definition) is 11. The van der Waals surface area contributed by atoms with Crippen molar-refractivity contribution in [3.63, 3.8) is 0 Å². The first-order valence-electron chi connectivity index (χ1n) is 18.2. The average Bonchev–Trinajstić information content (AvgIpc) is 3.94. The Morgan fingerprint density at radius 3 is 1.67 bits per heavy atom. The van der Waals surface area contributed by atoms with E-state index < -0.39 is 36.2 Å². The fourth-order valence-electron chi connectivity index (χ4n) is 6.22. The molecule has 58 heavy (non-hydrogen) atoms. The lowest BCUT2D eigenvalue weighted by Gasteiger charge is -2.11. The number of carboxylic acids is 1. The number of aliphatic carboxylic acids is 1. The Labute approximate surface area is 330 Å². The molecule has 7 N–H and O–H groups in total. The molecule has 0 aliphatic rings. The second kappa shape index (κ2) is 17.7. The number of nitrogens with one attached hydrogen (secondary N) is 2. The number of aryl methyl sites for hydroxylation is 3. The number of carboxylic acid groups (broad SMARTS) is 1. The largest absolute Gasteiger partial charge is 0.480 e. The topological polar surface area (TPSA) is 271 Å². The van der Waals surface area contributed by atoms with Crippen molar-refractivity contribution in [3.8, 4) is 0 Å². The van der Waals surface area contributed by atoms with E-state index in [0.29, 0.717) is 45.7 Å². The molecule has 0 saturated carbocycles. The van der Waals surface area contributed by atoms with E-state index in [-0.39, 0.29) is 68.2 Å². The van der Waals surface area contributed by atoms with Crippen molar-refractivity contribution in [2.75, 3.05) is 37.1 Å². The van der Waals surface area contributed by atoms with Gasteiger partial charge in [-0.1, -0.05) is 12.2 Å². The summed E-state index contributed by atoms with van der Waals surface area (Å²) in [5, 5.41) is 23.2. The molecule has 0 atom stereocenters. The fraction of sp³-hybridized carbons (Fsp3) is 0.289. The highest BCUT2D eigenvalue weighted by molar-refractivity contribution is 6.04. The molecule has 302 valence electrons. The Balaban J connectivity index is 1.24. The summed E-state index contributed by atoms with van der Waals surface area (Å²) in [5.74, 6) is -2.82. The van der Waals surface area contributed by atoms with Crippen LogP contribution in [-0.4, -0.2) is 99.8 Å². The number of nitrogens with zero attached hydrogens (tertiary/aromatic N) is 8. The summed E-state index contributed by atoms with van der Waals surface area (Å²) in [6.45, 7) is 6.61. The van der Waals surface area contributed by atoms with Gasteiger partial charge in [0, 0.05) is 30.8 Å². The van der Waals surface area contributed by atoms with Crippen molar-refractivity contribution >= 4 is 63.6 Å². The first-order chi connectivity index (χ1) is 27.8. The second-order valence-corrected chi connectivity index (χ2v) is 13.0. The van der Waals surface area contributed by atoms with Crippen molar-refractivity contribution in [3.05, 3.63) is 94.6 Å². The third kappa shape index (κ3) is 9.25. The van der Waals surface area contributed by atoms with Crippen LogP contribution in [0.15, 0.2) is 60.7 Å². The van der Waals surface area contributed by atoms with Gasteiger partial charge in [0.1, 0.15) is 18.0 Å². The summed E-state index contributed by atoms with van der Waals surface area (Å²) in [4.78, 5) is 71.0. The van der Waals surface area contributed by atoms with E-state index in [9.17, 15) is 24.0 Å². The molecule has 4 heterocycles. The van der Waals surface area contributed by atoms with Crippen LogP contribution in [0.1, 0.15) is 60.0 Å². The number of carbonyl (C=O) groups excluding carboxylic acids is 4. The van der Waals surface area contributed by atoms with Gasteiger partial charge in [-0.15, -0.1) is 0 Å². The molecule has 4 amide bonds. The standard InChI is InChI=1S/C38H42N12O8/c1-4-49-30(17-22(2)45-49)35(55)43-37-41-26-19-24(33(39)53)7-9-28(26)47(37)11-5-6-12-48-29-10-8-25(34(40)54)20-27(29)42-38(48)44-36(56)31-18-23(3)46-50(31)13-14-57-15-16-58-21-32(51)52/h5-10,17-20H,4,11-16,21H2,1-3H3,(H2,39,53)(H2,40,54)(H,51,52)(H,41,43,55)(H,42,44,56)/b6-5+. The summed E-state index contributed by atoms with van der Waals surface area (Å²) in [5.41, 5.74) is 15.6. The van der Waals surface area contributed by atoms with Crippen LogP contribution in [0.25, 0.3) is 22.1 Å². The minimum absolute atomic E-state index is 0.0975. The first kappa shape index (κ1) is 40.5. The summed E-state index contributed by atoms with van der Waals surface area (Å²) in [7, 11) is 0. The number of allylic oxidation sites excluding steroid dienone is 2. The van der Waals surface area contributed by atoms with Gasteiger partial charge in [0.05, 0.1) is 59.8 Å². The smallest absolute Gasteiger partial charge is 0.329 e. The number of benzene rings is 2. The number of rotatable bonds is 19. The fourth-order valence-corrected chi connectivity index (χ4v) is 6.22. The second-order valence-electron chi connectivity index (χ2n) is 13.0. The van der Waals surface area contributed by atoms with Gasteiger partial charge in [-0.05, 0) is 69.3 Å². The predicted molar refractivity (Wildman–Crippen MR) is 210 cm³/mol. The van der Waals surface area contributed by atoms with Crippen molar-refractivity contribution in [2.45, 2.75) is 47.0 Å². The number of hydrogen-bond donors (Lipinski definition) is 5. The van der Waals surface area contributed by atoms with Crippen molar-refractivity contribution in [2.24, 2.45) is 11.5 Å². The van der Waals surface area contributed by atoms with Gasteiger partial charge in [0.2, 0.25) is 23.7 Å². The van der Waals surface area contributed by atoms with E-state index in [1.165, 1.54) is 4.68 Å². The number of ether oxygens (including phenoxy) is 2. The molecule has 0 bridgehead atoms. The Hall–Kier alpha value is -7.19. The lowest BCUT2D eigenvalue weighted by molar-refractivity contribution is -0.142. The number of anilines is 2. The highest BCUT2D eigenvalue weighted by Gasteiger charge is 2.21. The Bertz CT molecular complexity index is 2560. The van der Waals surface area contributed by atoms with Crippen LogP contribution < -0.4 is 22.1 Å².